The number of hydrogen-bond donors (Lipinski definition) is 3. The Morgan fingerprint density at radius 3 is 2.17 bits per heavy atom. The summed E-state index contributed by atoms with van der Waals surface area (Å²) in [6.45, 7) is 0.569. The predicted molar refractivity (Wildman–Crippen MR) is 105 cm³/mol. The highest BCUT2D eigenvalue weighted by atomic mass is 19.4. The van der Waals surface area contributed by atoms with Crippen molar-refractivity contribution in [2.45, 2.75) is 12.7 Å². The minimum absolute atomic E-state index is 0.134. The molecule has 2 aromatic carbocycles. The molecule has 10 heteroatoms. The Balaban J connectivity index is 0.000000396. The van der Waals surface area contributed by atoms with Gasteiger partial charge in [-0.3, -0.25) is 5.10 Å². The number of benzene rings is 2. The number of aromatic amines is 1. The molecule has 1 heterocycles. The third-order valence-corrected chi connectivity index (χ3v) is 3.82. The van der Waals surface area contributed by atoms with Crippen LogP contribution in [-0.4, -0.2) is 45.4 Å². The first-order valence-corrected chi connectivity index (χ1v) is 8.62. The molecule has 3 rings (SSSR count). The van der Waals surface area contributed by atoms with Crippen LogP contribution in [0.1, 0.15) is 5.56 Å². The Labute approximate surface area is 170 Å². The molecule has 0 fully saturated rings. The zero-order valence-electron chi connectivity index (χ0n) is 15.8. The molecule has 0 aliphatic carbocycles. The van der Waals surface area contributed by atoms with Gasteiger partial charge in [0.1, 0.15) is 0 Å². The zero-order chi connectivity index (χ0) is 22.1. The van der Waals surface area contributed by atoms with Crippen molar-refractivity contribution >= 4 is 17.7 Å². The van der Waals surface area contributed by atoms with Gasteiger partial charge >= 0.3 is 18.2 Å². The van der Waals surface area contributed by atoms with Crippen LogP contribution >= 0.6 is 0 Å². The standard InChI is InChI=1S/C18H18N4O.C2HF3O2/c1-22(13-14-5-3-2-4-6-14)18(23)21-17-9-7-15(8-10-17)16-11-19-20-12-16;3-2(4,5)1(6)7/h2-12H,13H2,1H3,(H,19,20)(H,21,23);(H,6,7). The van der Waals surface area contributed by atoms with E-state index in [9.17, 15) is 18.0 Å². The molecule has 3 N–H and O–H groups in total. The fraction of sp³-hybridized carbons (Fsp3) is 0.150. The molecule has 0 radical (unpaired) electrons. The maximum atomic E-state index is 12.2. The summed E-state index contributed by atoms with van der Waals surface area (Å²) < 4.78 is 31.7. The van der Waals surface area contributed by atoms with Gasteiger partial charge < -0.3 is 15.3 Å². The molecule has 30 heavy (non-hydrogen) atoms. The molecular weight excluding hydrogens is 401 g/mol. The van der Waals surface area contributed by atoms with Crippen LogP contribution in [0.4, 0.5) is 23.7 Å². The topological polar surface area (TPSA) is 98.3 Å². The second-order valence-corrected chi connectivity index (χ2v) is 6.14. The number of amides is 2. The highest BCUT2D eigenvalue weighted by Crippen LogP contribution is 2.20. The smallest absolute Gasteiger partial charge is 0.475 e. The normalized spacial score (nSPS) is 10.5. The summed E-state index contributed by atoms with van der Waals surface area (Å²) in [4.78, 5) is 22.8. The largest absolute Gasteiger partial charge is 0.490 e. The molecule has 0 aliphatic rings. The minimum Gasteiger partial charge on any atom is -0.475 e. The number of halogens is 3. The summed E-state index contributed by atoms with van der Waals surface area (Å²) in [7, 11) is 1.78. The molecule has 0 bridgehead atoms. The lowest BCUT2D eigenvalue weighted by atomic mass is 10.1. The lowest BCUT2D eigenvalue weighted by Gasteiger charge is -2.18. The van der Waals surface area contributed by atoms with Crippen LogP contribution in [0.25, 0.3) is 11.1 Å². The summed E-state index contributed by atoms with van der Waals surface area (Å²) in [5, 5.41) is 16.7. The number of alkyl halides is 3. The SMILES string of the molecule is CN(Cc1ccccc1)C(=O)Nc1ccc(-c2cn[nH]c2)cc1.O=C(O)C(F)(F)F. The molecular formula is C20H19F3N4O3. The number of nitrogens with zero attached hydrogens (tertiary/aromatic N) is 2. The van der Waals surface area contributed by atoms with E-state index in [1.807, 2.05) is 60.8 Å². The van der Waals surface area contributed by atoms with Crippen LogP contribution in [0.15, 0.2) is 67.0 Å². The highest BCUT2D eigenvalue weighted by Gasteiger charge is 2.38. The Kier molecular flexibility index (Phi) is 7.56. The predicted octanol–water partition coefficient (Wildman–Crippen LogP) is 4.37. The average Bonchev–Trinajstić information content (AvgIpc) is 3.24. The molecule has 1 aromatic heterocycles. The van der Waals surface area contributed by atoms with E-state index >= 15 is 0 Å². The molecule has 0 saturated carbocycles. The van der Waals surface area contributed by atoms with Gasteiger partial charge in [-0.15, -0.1) is 0 Å². The number of carbonyl (C=O) groups is 2. The monoisotopic (exact) mass is 420 g/mol. The van der Waals surface area contributed by atoms with Crippen molar-refractivity contribution in [3.05, 3.63) is 72.6 Å². The van der Waals surface area contributed by atoms with Gasteiger partial charge in [-0.25, -0.2) is 9.59 Å². The number of hydrogen-bond acceptors (Lipinski definition) is 3. The third-order valence-electron chi connectivity index (χ3n) is 3.82. The Morgan fingerprint density at radius 2 is 1.67 bits per heavy atom. The summed E-state index contributed by atoms with van der Waals surface area (Å²) >= 11 is 0. The molecule has 0 unspecified atom stereocenters. The molecule has 7 nitrogen and oxygen atoms in total. The van der Waals surface area contributed by atoms with Crippen LogP contribution in [0.3, 0.4) is 0 Å². The van der Waals surface area contributed by atoms with Crippen molar-refractivity contribution in [1.29, 1.82) is 0 Å². The van der Waals surface area contributed by atoms with Gasteiger partial charge in [0.15, 0.2) is 0 Å². The van der Waals surface area contributed by atoms with Crippen molar-refractivity contribution in [2.75, 3.05) is 12.4 Å². The van der Waals surface area contributed by atoms with Crippen molar-refractivity contribution in [2.24, 2.45) is 0 Å². The van der Waals surface area contributed by atoms with Gasteiger partial charge in [0, 0.05) is 31.0 Å². The van der Waals surface area contributed by atoms with E-state index in [4.69, 9.17) is 9.90 Å². The summed E-state index contributed by atoms with van der Waals surface area (Å²) in [6, 6.07) is 17.5. The number of carboxylic acid groups (broad SMARTS) is 1. The second-order valence-electron chi connectivity index (χ2n) is 6.14. The fourth-order valence-corrected chi connectivity index (χ4v) is 2.30. The van der Waals surface area contributed by atoms with Crippen LogP contribution in [0.2, 0.25) is 0 Å². The second kappa shape index (κ2) is 10.1. The van der Waals surface area contributed by atoms with Crippen LogP contribution < -0.4 is 5.32 Å². The number of anilines is 1. The number of carboxylic acids is 1. The van der Waals surface area contributed by atoms with E-state index in [-0.39, 0.29) is 6.03 Å². The molecule has 3 aromatic rings. The minimum atomic E-state index is -5.08. The number of carbonyl (C=O) groups excluding carboxylic acids is 1. The first-order chi connectivity index (χ1) is 14.2. The molecule has 158 valence electrons. The molecule has 2 amide bonds. The van der Waals surface area contributed by atoms with Crippen molar-refractivity contribution in [1.82, 2.24) is 15.1 Å². The first-order valence-electron chi connectivity index (χ1n) is 8.62. The van der Waals surface area contributed by atoms with Gasteiger partial charge in [-0.2, -0.15) is 18.3 Å². The van der Waals surface area contributed by atoms with Crippen molar-refractivity contribution in [3.63, 3.8) is 0 Å². The van der Waals surface area contributed by atoms with Gasteiger partial charge in [-0.05, 0) is 23.3 Å². The van der Waals surface area contributed by atoms with Crippen LogP contribution in [-0.2, 0) is 11.3 Å². The van der Waals surface area contributed by atoms with E-state index in [1.54, 1.807) is 18.1 Å². The summed E-state index contributed by atoms with van der Waals surface area (Å²) in [5.74, 6) is -2.76. The van der Waals surface area contributed by atoms with Gasteiger partial charge in [0.2, 0.25) is 0 Å². The number of H-pyrrole nitrogens is 1. The third kappa shape index (κ3) is 6.97. The first kappa shape index (κ1) is 22.5. The van der Waals surface area contributed by atoms with Gasteiger partial charge in [-0.1, -0.05) is 42.5 Å². The lowest BCUT2D eigenvalue weighted by Crippen LogP contribution is -2.30. The van der Waals surface area contributed by atoms with Crippen LogP contribution in [0.5, 0.6) is 0 Å². The number of rotatable bonds is 4. The molecule has 0 saturated heterocycles. The molecule has 0 atom stereocenters. The Morgan fingerprint density at radius 1 is 1.07 bits per heavy atom. The number of aromatic nitrogens is 2. The van der Waals surface area contributed by atoms with E-state index in [0.29, 0.717) is 6.54 Å². The number of nitrogens with one attached hydrogen (secondary N) is 2. The van der Waals surface area contributed by atoms with Gasteiger partial charge in [0.05, 0.1) is 6.20 Å². The maximum absolute atomic E-state index is 12.2. The van der Waals surface area contributed by atoms with Crippen molar-refractivity contribution < 1.29 is 27.9 Å². The van der Waals surface area contributed by atoms with Crippen LogP contribution in [0, 0.1) is 0 Å². The van der Waals surface area contributed by atoms with E-state index < -0.39 is 12.1 Å². The average molecular weight is 420 g/mol. The highest BCUT2D eigenvalue weighted by molar-refractivity contribution is 5.89. The maximum Gasteiger partial charge on any atom is 0.490 e. The molecule has 0 spiro atoms. The zero-order valence-corrected chi connectivity index (χ0v) is 15.8. The quantitative estimate of drug-likeness (QED) is 0.584. The summed E-state index contributed by atoms with van der Waals surface area (Å²) in [6.07, 6.45) is -1.48. The van der Waals surface area contributed by atoms with E-state index in [1.165, 1.54) is 0 Å². The van der Waals surface area contributed by atoms with E-state index in [2.05, 4.69) is 15.5 Å². The Bertz CT molecular complexity index is 944. The van der Waals surface area contributed by atoms with E-state index in [0.717, 1.165) is 22.4 Å². The summed E-state index contributed by atoms with van der Waals surface area (Å²) in [5.41, 5.74) is 3.93. The molecule has 0 aliphatic heterocycles. The van der Waals surface area contributed by atoms with Gasteiger partial charge in [0.25, 0.3) is 0 Å². The number of urea groups is 1. The fourth-order valence-electron chi connectivity index (χ4n) is 2.30. The Hall–Kier alpha value is -3.82. The number of aliphatic carboxylic acids is 1. The van der Waals surface area contributed by atoms with Crippen molar-refractivity contribution in [3.8, 4) is 11.1 Å². The lowest BCUT2D eigenvalue weighted by molar-refractivity contribution is -0.192.